The summed E-state index contributed by atoms with van der Waals surface area (Å²) in [6.45, 7) is 8.78. The summed E-state index contributed by atoms with van der Waals surface area (Å²) < 4.78 is 18.1. The van der Waals surface area contributed by atoms with Crippen LogP contribution in [0, 0.1) is 13.8 Å². The van der Waals surface area contributed by atoms with Crippen molar-refractivity contribution in [2.24, 2.45) is 0 Å². The zero-order chi connectivity index (χ0) is 27.2. The molecule has 4 aromatic rings. The minimum atomic E-state index is 0.486. The molecule has 2 aromatic heterocycles. The number of halogens is 2. The lowest BCUT2D eigenvalue weighted by molar-refractivity contribution is 0.310. The van der Waals surface area contributed by atoms with Crippen molar-refractivity contribution in [3.63, 3.8) is 0 Å². The number of nitrogens with one attached hydrogen (secondary N) is 2. The highest BCUT2D eigenvalue weighted by molar-refractivity contribution is 6.39. The number of fused-ring (bicyclic) bond motifs is 1. The summed E-state index contributed by atoms with van der Waals surface area (Å²) in [6, 6.07) is 11.5. The molecule has 4 rings (SSSR count). The van der Waals surface area contributed by atoms with Crippen LogP contribution in [-0.2, 0) is 6.42 Å². The zero-order valence-electron chi connectivity index (χ0n) is 22.3. The molecular formula is C28H33Cl2N5O3. The van der Waals surface area contributed by atoms with E-state index in [4.69, 9.17) is 47.5 Å². The molecule has 0 saturated heterocycles. The molecule has 0 aliphatic carbocycles. The van der Waals surface area contributed by atoms with Crippen molar-refractivity contribution in [3.8, 4) is 28.4 Å². The third-order valence-electron chi connectivity index (χ3n) is 6.12. The van der Waals surface area contributed by atoms with Crippen LogP contribution in [0.2, 0.25) is 10.0 Å². The minimum absolute atomic E-state index is 0.486. The SMILES string of the molecule is CCOc1ccc(CCNCCNc2cc(C)nc3c(-c4c(Cl)cc(OC)cc4Cl)c(C)nn23)cc1OC. The molecule has 38 heavy (non-hydrogen) atoms. The number of hydrogen-bond donors (Lipinski definition) is 2. The monoisotopic (exact) mass is 557 g/mol. The first-order valence-electron chi connectivity index (χ1n) is 12.5. The Kier molecular flexibility index (Phi) is 9.20. The van der Waals surface area contributed by atoms with E-state index < -0.39 is 0 Å². The molecule has 0 fully saturated rings. The summed E-state index contributed by atoms with van der Waals surface area (Å²) in [7, 11) is 3.24. The molecule has 0 spiro atoms. The van der Waals surface area contributed by atoms with Crippen LogP contribution < -0.4 is 24.8 Å². The van der Waals surface area contributed by atoms with E-state index in [-0.39, 0.29) is 0 Å². The van der Waals surface area contributed by atoms with E-state index in [1.165, 1.54) is 5.56 Å². The van der Waals surface area contributed by atoms with Gasteiger partial charge >= 0.3 is 0 Å². The van der Waals surface area contributed by atoms with Gasteiger partial charge in [0.2, 0.25) is 0 Å². The first kappa shape index (κ1) is 27.8. The maximum absolute atomic E-state index is 6.61. The second-order valence-electron chi connectivity index (χ2n) is 8.79. The molecule has 0 amide bonds. The highest BCUT2D eigenvalue weighted by atomic mass is 35.5. The fraction of sp³-hybridized carbons (Fsp3) is 0.357. The summed E-state index contributed by atoms with van der Waals surface area (Å²) in [5.41, 5.74) is 5.02. The van der Waals surface area contributed by atoms with Crippen molar-refractivity contribution in [3.05, 3.63) is 63.4 Å². The summed E-state index contributed by atoms with van der Waals surface area (Å²) in [5, 5.41) is 12.7. The second-order valence-corrected chi connectivity index (χ2v) is 9.60. The Balaban J connectivity index is 1.42. The fourth-order valence-electron chi connectivity index (χ4n) is 4.35. The normalized spacial score (nSPS) is 11.1. The van der Waals surface area contributed by atoms with Gasteiger partial charge in [-0.2, -0.15) is 9.61 Å². The Morgan fingerprint density at radius 1 is 0.895 bits per heavy atom. The van der Waals surface area contributed by atoms with Gasteiger partial charge in [-0.15, -0.1) is 0 Å². The van der Waals surface area contributed by atoms with E-state index in [2.05, 4.69) is 16.7 Å². The Labute approximate surface area is 233 Å². The predicted molar refractivity (Wildman–Crippen MR) is 154 cm³/mol. The van der Waals surface area contributed by atoms with E-state index in [9.17, 15) is 0 Å². The maximum Gasteiger partial charge on any atom is 0.165 e. The van der Waals surface area contributed by atoms with Gasteiger partial charge in [-0.25, -0.2) is 4.98 Å². The maximum atomic E-state index is 6.61. The van der Waals surface area contributed by atoms with Crippen LogP contribution in [0.1, 0.15) is 23.9 Å². The molecule has 0 aliphatic heterocycles. The summed E-state index contributed by atoms with van der Waals surface area (Å²) >= 11 is 13.2. The first-order valence-corrected chi connectivity index (χ1v) is 13.3. The van der Waals surface area contributed by atoms with Gasteiger partial charge in [-0.05, 0) is 63.6 Å². The lowest BCUT2D eigenvalue weighted by atomic mass is 10.1. The molecule has 0 unspecified atom stereocenters. The molecule has 0 aliphatic rings. The molecule has 10 heteroatoms. The zero-order valence-corrected chi connectivity index (χ0v) is 23.8. The molecule has 2 aromatic carbocycles. The van der Waals surface area contributed by atoms with E-state index in [0.29, 0.717) is 40.2 Å². The average molecular weight is 559 g/mol. The van der Waals surface area contributed by atoms with Gasteiger partial charge in [0.25, 0.3) is 0 Å². The number of aromatic nitrogens is 3. The van der Waals surface area contributed by atoms with Crippen LogP contribution in [0.3, 0.4) is 0 Å². The number of rotatable bonds is 12. The summed E-state index contributed by atoms with van der Waals surface area (Å²) in [5.74, 6) is 2.97. The van der Waals surface area contributed by atoms with Gasteiger partial charge in [-0.3, -0.25) is 0 Å². The number of anilines is 1. The topological polar surface area (TPSA) is 81.9 Å². The van der Waals surface area contributed by atoms with Gasteiger partial charge in [0.05, 0.1) is 42.1 Å². The van der Waals surface area contributed by atoms with Crippen molar-refractivity contribution in [2.75, 3.05) is 45.8 Å². The molecule has 8 nitrogen and oxygen atoms in total. The lowest BCUT2D eigenvalue weighted by Gasteiger charge is -2.12. The van der Waals surface area contributed by atoms with Crippen LogP contribution >= 0.6 is 23.2 Å². The van der Waals surface area contributed by atoms with Crippen molar-refractivity contribution < 1.29 is 14.2 Å². The molecule has 2 heterocycles. The van der Waals surface area contributed by atoms with Crippen molar-refractivity contribution in [2.45, 2.75) is 27.2 Å². The van der Waals surface area contributed by atoms with Crippen LogP contribution in [-0.4, -0.2) is 55.1 Å². The third kappa shape index (κ3) is 6.09. The Hall–Kier alpha value is -3.20. The molecule has 202 valence electrons. The van der Waals surface area contributed by atoms with E-state index in [0.717, 1.165) is 53.8 Å². The molecule has 2 N–H and O–H groups in total. The number of benzene rings is 2. The van der Waals surface area contributed by atoms with Crippen LogP contribution in [0.25, 0.3) is 16.8 Å². The fourth-order valence-corrected chi connectivity index (χ4v) is 5.00. The highest BCUT2D eigenvalue weighted by Crippen LogP contribution is 2.41. The summed E-state index contributed by atoms with van der Waals surface area (Å²) in [6.07, 6.45) is 0.881. The van der Waals surface area contributed by atoms with Gasteiger partial charge < -0.3 is 24.8 Å². The molecule has 0 saturated carbocycles. The summed E-state index contributed by atoms with van der Waals surface area (Å²) in [4.78, 5) is 4.76. The van der Waals surface area contributed by atoms with Crippen molar-refractivity contribution in [1.82, 2.24) is 19.9 Å². The molecule has 0 bridgehead atoms. The van der Waals surface area contributed by atoms with Crippen LogP contribution in [0.15, 0.2) is 36.4 Å². The molecular weight excluding hydrogens is 525 g/mol. The van der Waals surface area contributed by atoms with Crippen molar-refractivity contribution in [1.29, 1.82) is 0 Å². The van der Waals surface area contributed by atoms with E-state index >= 15 is 0 Å². The Morgan fingerprint density at radius 2 is 1.66 bits per heavy atom. The quantitative estimate of drug-likeness (QED) is 0.207. The second kappa shape index (κ2) is 12.6. The van der Waals surface area contributed by atoms with Gasteiger partial charge in [0.15, 0.2) is 17.1 Å². The minimum Gasteiger partial charge on any atom is -0.497 e. The first-order chi connectivity index (χ1) is 18.4. The van der Waals surface area contributed by atoms with Gasteiger partial charge in [0.1, 0.15) is 11.6 Å². The Bertz CT molecular complexity index is 1400. The molecule has 0 atom stereocenters. The van der Waals surface area contributed by atoms with Crippen molar-refractivity contribution >= 4 is 34.7 Å². The van der Waals surface area contributed by atoms with E-state index in [1.54, 1.807) is 30.9 Å². The highest BCUT2D eigenvalue weighted by Gasteiger charge is 2.21. The lowest BCUT2D eigenvalue weighted by Crippen LogP contribution is -2.25. The largest absolute Gasteiger partial charge is 0.497 e. The van der Waals surface area contributed by atoms with Gasteiger partial charge in [-0.1, -0.05) is 29.3 Å². The van der Waals surface area contributed by atoms with Gasteiger partial charge in [0, 0.05) is 30.4 Å². The predicted octanol–water partition coefficient (Wildman–Crippen LogP) is 5.98. The molecule has 0 radical (unpaired) electrons. The van der Waals surface area contributed by atoms with Crippen LogP contribution in [0.5, 0.6) is 17.2 Å². The van der Waals surface area contributed by atoms with E-state index in [1.807, 2.05) is 39.0 Å². The smallest absolute Gasteiger partial charge is 0.165 e. The Morgan fingerprint density at radius 3 is 2.34 bits per heavy atom. The number of ether oxygens (including phenoxy) is 3. The third-order valence-corrected chi connectivity index (χ3v) is 6.72. The number of hydrogen-bond acceptors (Lipinski definition) is 7. The van der Waals surface area contributed by atoms with Crippen LogP contribution in [0.4, 0.5) is 5.82 Å². The average Bonchev–Trinajstić information content (AvgIpc) is 3.21. The number of methoxy groups -OCH3 is 2. The number of nitrogens with zero attached hydrogens (tertiary/aromatic N) is 3. The number of aryl methyl sites for hydroxylation is 2. The standard InChI is InChI=1S/C28H33Cl2N5O3/c1-6-38-23-8-7-19(14-24(23)37-5)9-10-31-11-12-32-25-13-17(2)33-28-26(18(3)34-35(25)28)27-21(29)15-20(36-4)16-22(27)30/h7-8,13-16,31-32H,6,9-12H2,1-5H3.